The first-order valence-electron chi connectivity index (χ1n) is 8.21. The van der Waals surface area contributed by atoms with Crippen LogP contribution in [0, 0.1) is 5.82 Å². The second-order valence-electron chi connectivity index (χ2n) is 5.93. The van der Waals surface area contributed by atoms with Gasteiger partial charge in [0.25, 0.3) is 5.91 Å². The average Bonchev–Trinajstić information content (AvgIpc) is 2.69. The molecule has 0 fully saturated rings. The molecule has 2 aromatic carbocycles. The monoisotopic (exact) mass is 402 g/mol. The fraction of sp³-hybridized carbons (Fsp3) is 0.100. The number of primary amides is 1. The molecule has 4 N–H and O–H groups in total. The van der Waals surface area contributed by atoms with Crippen LogP contribution in [0.25, 0.3) is 11.3 Å². The van der Waals surface area contributed by atoms with Crippen molar-refractivity contribution in [2.24, 2.45) is 5.73 Å². The first kappa shape index (κ1) is 19.8. The first-order valence-corrected chi connectivity index (χ1v) is 8.59. The van der Waals surface area contributed by atoms with Crippen LogP contribution in [0.4, 0.5) is 4.39 Å². The molecule has 1 heterocycles. The topological polar surface area (TPSA) is 106 Å². The van der Waals surface area contributed by atoms with Gasteiger partial charge in [0.15, 0.2) is 11.6 Å². The lowest BCUT2D eigenvalue weighted by Gasteiger charge is -2.12. The number of rotatable bonds is 6. The van der Waals surface area contributed by atoms with E-state index >= 15 is 0 Å². The van der Waals surface area contributed by atoms with Gasteiger partial charge >= 0.3 is 0 Å². The van der Waals surface area contributed by atoms with E-state index in [1.165, 1.54) is 18.2 Å². The van der Waals surface area contributed by atoms with Gasteiger partial charge in [0.05, 0.1) is 12.3 Å². The Labute approximate surface area is 165 Å². The highest BCUT2D eigenvalue weighted by molar-refractivity contribution is 6.30. The number of nitrogens with two attached hydrogens (primary N) is 1. The Morgan fingerprint density at radius 1 is 1.18 bits per heavy atom. The summed E-state index contributed by atoms with van der Waals surface area (Å²) in [6.45, 7) is -0.513. The highest BCUT2D eigenvalue weighted by Gasteiger charge is 2.14. The molecule has 0 saturated carbocycles. The van der Waals surface area contributed by atoms with Crippen molar-refractivity contribution < 1.29 is 24.1 Å². The average molecular weight is 403 g/mol. The molecule has 1 aromatic heterocycles. The van der Waals surface area contributed by atoms with Crippen LogP contribution in [-0.4, -0.2) is 27.7 Å². The third-order valence-electron chi connectivity index (χ3n) is 3.93. The predicted octanol–water partition coefficient (Wildman–Crippen LogP) is 3.46. The van der Waals surface area contributed by atoms with Gasteiger partial charge in [-0.05, 0) is 60.2 Å². The van der Waals surface area contributed by atoms with E-state index in [0.717, 1.165) is 6.07 Å². The van der Waals surface area contributed by atoms with E-state index in [4.69, 9.17) is 27.2 Å². The predicted molar refractivity (Wildman–Crippen MR) is 102 cm³/mol. The number of aliphatic hydroxyl groups is 2. The molecule has 3 rings (SSSR count). The number of aromatic nitrogens is 1. The van der Waals surface area contributed by atoms with Crippen LogP contribution in [0.2, 0.25) is 5.02 Å². The summed E-state index contributed by atoms with van der Waals surface area (Å²) in [6, 6.07) is 13.5. The molecule has 0 radical (unpaired) electrons. The number of ether oxygens (including phenoxy) is 1. The zero-order valence-corrected chi connectivity index (χ0v) is 15.2. The number of benzene rings is 2. The van der Waals surface area contributed by atoms with Crippen molar-refractivity contribution in [2.75, 3.05) is 6.61 Å². The van der Waals surface area contributed by atoms with Crippen LogP contribution in [0.3, 0.4) is 0 Å². The smallest absolute Gasteiger partial charge is 0.267 e. The third kappa shape index (κ3) is 4.45. The van der Waals surface area contributed by atoms with Gasteiger partial charge in [-0.1, -0.05) is 11.6 Å². The molecule has 0 aliphatic rings. The summed E-state index contributed by atoms with van der Waals surface area (Å²) in [5.41, 5.74) is 6.55. The van der Waals surface area contributed by atoms with Gasteiger partial charge in [0.1, 0.15) is 17.5 Å². The van der Waals surface area contributed by atoms with E-state index in [1.807, 2.05) is 0 Å². The van der Waals surface area contributed by atoms with Crippen molar-refractivity contribution in [3.63, 3.8) is 0 Å². The van der Waals surface area contributed by atoms with Crippen LogP contribution in [0.1, 0.15) is 22.2 Å². The Kier molecular flexibility index (Phi) is 5.89. The lowest BCUT2D eigenvalue weighted by molar-refractivity contribution is 0.0948. The minimum atomic E-state index is -1.17. The Balaban J connectivity index is 1.90. The molecule has 28 heavy (non-hydrogen) atoms. The summed E-state index contributed by atoms with van der Waals surface area (Å²) in [6.07, 6.45) is -1.17. The van der Waals surface area contributed by atoms with Crippen molar-refractivity contribution in [1.29, 1.82) is 0 Å². The van der Waals surface area contributed by atoms with Crippen molar-refractivity contribution in [3.8, 4) is 22.8 Å². The Bertz CT molecular complexity index is 1010. The van der Waals surface area contributed by atoms with E-state index in [0.29, 0.717) is 22.6 Å². The normalized spacial score (nSPS) is 11.9. The van der Waals surface area contributed by atoms with Crippen LogP contribution >= 0.6 is 11.6 Å². The fourth-order valence-corrected chi connectivity index (χ4v) is 2.66. The van der Waals surface area contributed by atoms with E-state index in [9.17, 15) is 14.3 Å². The number of carbonyl (C=O) groups excluding carboxylic acids is 1. The highest BCUT2D eigenvalue weighted by Crippen LogP contribution is 2.29. The maximum atomic E-state index is 13.8. The lowest BCUT2D eigenvalue weighted by atomic mass is 10.0. The van der Waals surface area contributed by atoms with Gasteiger partial charge in [-0.15, -0.1) is 0 Å². The number of amides is 1. The summed E-state index contributed by atoms with van der Waals surface area (Å²) in [5.74, 6) is -0.938. The molecule has 0 spiro atoms. The van der Waals surface area contributed by atoms with E-state index in [2.05, 4.69) is 4.98 Å². The third-order valence-corrected chi connectivity index (χ3v) is 4.16. The summed E-state index contributed by atoms with van der Waals surface area (Å²) < 4.78 is 19.3. The number of hydrogen-bond acceptors (Lipinski definition) is 5. The second kappa shape index (κ2) is 8.35. The second-order valence-corrected chi connectivity index (χ2v) is 6.37. The molecular weight excluding hydrogens is 387 g/mol. The van der Waals surface area contributed by atoms with Gasteiger partial charge in [0, 0.05) is 10.6 Å². The number of carbonyl (C=O) groups is 1. The number of aliphatic hydroxyl groups excluding tert-OH is 2. The zero-order valence-electron chi connectivity index (χ0n) is 14.5. The van der Waals surface area contributed by atoms with Crippen LogP contribution in [0.5, 0.6) is 11.5 Å². The van der Waals surface area contributed by atoms with E-state index in [-0.39, 0.29) is 16.5 Å². The number of hydrogen-bond donors (Lipinski definition) is 3. The maximum Gasteiger partial charge on any atom is 0.267 e. The van der Waals surface area contributed by atoms with Gasteiger partial charge in [-0.25, -0.2) is 9.37 Å². The summed E-state index contributed by atoms with van der Waals surface area (Å²) in [5, 5.41) is 19.3. The largest absolute Gasteiger partial charge is 0.454 e. The molecule has 0 bridgehead atoms. The molecule has 144 valence electrons. The number of pyridine rings is 1. The van der Waals surface area contributed by atoms with Gasteiger partial charge in [-0.3, -0.25) is 4.79 Å². The van der Waals surface area contributed by atoms with Crippen LogP contribution in [0.15, 0.2) is 54.6 Å². The fourth-order valence-electron chi connectivity index (χ4n) is 2.50. The van der Waals surface area contributed by atoms with Gasteiger partial charge in [0.2, 0.25) is 0 Å². The molecule has 6 nitrogen and oxygen atoms in total. The van der Waals surface area contributed by atoms with E-state index < -0.39 is 24.4 Å². The van der Waals surface area contributed by atoms with Crippen molar-refractivity contribution in [1.82, 2.24) is 4.98 Å². The summed E-state index contributed by atoms with van der Waals surface area (Å²) in [4.78, 5) is 15.7. The lowest BCUT2D eigenvalue weighted by Crippen LogP contribution is -2.15. The molecule has 0 aliphatic carbocycles. The standard InChI is InChI=1S/C20H16ClFN2O4/c21-13-3-6-19(15(22)9-13)28-14-4-1-11(2-5-14)16-7-12(18(26)10-25)8-17(24-16)20(23)27/h1-9,18,25-26H,10H2,(H2,23,27). The Morgan fingerprint density at radius 3 is 2.50 bits per heavy atom. The van der Waals surface area contributed by atoms with E-state index in [1.54, 1.807) is 30.3 Å². The van der Waals surface area contributed by atoms with Gasteiger partial charge in [-0.2, -0.15) is 0 Å². The maximum absolute atomic E-state index is 13.8. The molecule has 3 aromatic rings. The van der Waals surface area contributed by atoms with Crippen LogP contribution in [-0.2, 0) is 0 Å². The summed E-state index contributed by atoms with van der Waals surface area (Å²) in [7, 11) is 0. The quantitative estimate of drug-likeness (QED) is 0.585. The molecule has 1 atom stereocenters. The van der Waals surface area contributed by atoms with Crippen LogP contribution < -0.4 is 10.5 Å². The number of nitrogens with zero attached hydrogens (tertiary/aromatic N) is 1. The molecule has 8 heteroatoms. The van der Waals surface area contributed by atoms with Crippen molar-refractivity contribution >= 4 is 17.5 Å². The molecule has 1 amide bonds. The highest BCUT2D eigenvalue weighted by atomic mass is 35.5. The SMILES string of the molecule is NC(=O)c1cc(C(O)CO)cc(-c2ccc(Oc3ccc(Cl)cc3F)cc2)n1. The van der Waals surface area contributed by atoms with Crippen molar-refractivity contribution in [2.45, 2.75) is 6.10 Å². The molecule has 1 unspecified atom stereocenters. The zero-order chi connectivity index (χ0) is 20.3. The van der Waals surface area contributed by atoms with Gasteiger partial charge < -0.3 is 20.7 Å². The minimum absolute atomic E-state index is 0.0272. The Morgan fingerprint density at radius 2 is 1.89 bits per heavy atom. The van der Waals surface area contributed by atoms with Crippen molar-refractivity contribution in [3.05, 3.63) is 76.7 Å². The molecule has 0 saturated heterocycles. The minimum Gasteiger partial charge on any atom is -0.454 e. The molecule has 0 aliphatic heterocycles. The first-order chi connectivity index (χ1) is 13.4. The molecular formula is C20H16ClFN2O4. The summed E-state index contributed by atoms with van der Waals surface area (Å²) >= 11 is 5.72. The Hall–Kier alpha value is -3.00. The number of halogens is 2.